The summed E-state index contributed by atoms with van der Waals surface area (Å²) in [7, 11) is 0. The quantitative estimate of drug-likeness (QED) is 0.616. The van der Waals surface area contributed by atoms with E-state index in [1.165, 1.54) is 19.3 Å². The molecule has 1 aliphatic carbocycles. The summed E-state index contributed by atoms with van der Waals surface area (Å²) in [5.74, 6) is 0.861. The molecule has 0 saturated heterocycles. The molecule has 1 rings (SSSR count). The van der Waals surface area contributed by atoms with Crippen molar-refractivity contribution in [3.8, 4) is 0 Å². The molecule has 9 heavy (non-hydrogen) atoms. The van der Waals surface area contributed by atoms with Gasteiger partial charge < -0.3 is 5.11 Å². The van der Waals surface area contributed by atoms with E-state index in [0.29, 0.717) is 0 Å². The molecular formula is C8H16O. The lowest BCUT2D eigenvalue weighted by atomic mass is 9.81. The van der Waals surface area contributed by atoms with Crippen molar-refractivity contribution in [3.63, 3.8) is 0 Å². The first-order chi connectivity index (χ1) is 4.33. The van der Waals surface area contributed by atoms with Gasteiger partial charge in [-0.05, 0) is 18.8 Å². The summed E-state index contributed by atoms with van der Waals surface area (Å²) in [4.78, 5) is 0. The van der Waals surface area contributed by atoms with Crippen molar-refractivity contribution in [3.05, 3.63) is 0 Å². The fourth-order valence-electron chi connectivity index (χ4n) is 1.28. The lowest BCUT2D eigenvalue weighted by Gasteiger charge is -2.26. The van der Waals surface area contributed by atoms with E-state index >= 15 is 0 Å². The van der Waals surface area contributed by atoms with Gasteiger partial charge in [0.15, 0.2) is 0 Å². The van der Waals surface area contributed by atoms with Crippen molar-refractivity contribution in [2.45, 2.75) is 45.1 Å². The highest BCUT2D eigenvalue weighted by Gasteiger charge is 2.19. The standard InChI is InChI=1S/C8H16O/c1-2-8(9)6-7-4-3-5-7/h7-9H,2-6H2,1H3/t8-/m1/s1. The highest BCUT2D eigenvalue weighted by Crippen LogP contribution is 2.30. The van der Waals surface area contributed by atoms with Gasteiger partial charge >= 0.3 is 0 Å². The molecule has 1 N–H and O–H groups in total. The molecule has 0 aliphatic heterocycles. The first-order valence-electron chi connectivity index (χ1n) is 4.01. The van der Waals surface area contributed by atoms with Gasteiger partial charge in [-0.3, -0.25) is 0 Å². The minimum Gasteiger partial charge on any atom is -0.393 e. The normalized spacial score (nSPS) is 23.3. The molecule has 0 spiro atoms. The van der Waals surface area contributed by atoms with Crippen LogP contribution in [-0.2, 0) is 0 Å². The molecule has 0 amide bonds. The largest absolute Gasteiger partial charge is 0.393 e. The van der Waals surface area contributed by atoms with E-state index in [-0.39, 0.29) is 6.10 Å². The maximum Gasteiger partial charge on any atom is 0.0540 e. The lowest BCUT2D eigenvalue weighted by molar-refractivity contribution is 0.114. The predicted molar refractivity (Wildman–Crippen MR) is 38.3 cm³/mol. The predicted octanol–water partition coefficient (Wildman–Crippen LogP) is 1.95. The fourth-order valence-corrected chi connectivity index (χ4v) is 1.28. The molecule has 0 bridgehead atoms. The van der Waals surface area contributed by atoms with Crippen molar-refractivity contribution in [2.24, 2.45) is 5.92 Å². The van der Waals surface area contributed by atoms with Crippen LogP contribution in [0.1, 0.15) is 39.0 Å². The van der Waals surface area contributed by atoms with Crippen LogP contribution in [-0.4, -0.2) is 11.2 Å². The molecule has 1 atom stereocenters. The van der Waals surface area contributed by atoms with Gasteiger partial charge in [0, 0.05) is 0 Å². The molecule has 0 unspecified atom stereocenters. The molecule has 0 aromatic heterocycles. The first-order valence-corrected chi connectivity index (χ1v) is 4.01. The van der Waals surface area contributed by atoms with E-state index in [0.717, 1.165) is 18.8 Å². The third-order valence-electron chi connectivity index (χ3n) is 2.30. The summed E-state index contributed by atoms with van der Waals surface area (Å²) in [5, 5.41) is 9.19. The Hall–Kier alpha value is -0.0400. The maximum atomic E-state index is 9.19. The smallest absolute Gasteiger partial charge is 0.0540 e. The molecule has 1 aliphatic rings. The summed E-state index contributed by atoms with van der Waals surface area (Å²) in [6, 6.07) is 0. The molecule has 0 aromatic carbocycles. The number of aliphatic hydroxyl groups excluding tert-OH is 1. The number of hydrogen-bond acceptors (Lipinski definition) is 1. The topological polar surface area (TPSA) is 20.2 Å². The van der Waals surface area contributed by atoms with Crippen molar-refractivity contribution in [2.75, 3.05) is 0 Å². The third kappa shape index (κ3) is 1.98. The molecule has 0 heterocycles. The van der Waals surface area contributed by atoms with Crippen LogP contribution >= 0.6 is 0 Å². The van der Waals surface area contributed by atoms with Crippen molar-refractivity contribution in [1.29, 1.82) is 0 Å². The van der Waals surface area contributed by atoms with E-state index in [4.69, 9.17) is 0 Å². The van der Waals surface area contributed by atoms with Gasteiger partial charge in [-0.1, -0.05) is 26.2 Å². The number of rotatable bonds is 3. The van der Waals surface area contributed by atoms with E-state index in [1.807, 2.05) is 6.92 Å². The summed E-state index contributed by atoms with van der Waals surface area (Å²) >= 11 is 0. The molecule has 0 aromatic rings. The zero-order valence-corrected chi connectivity index (χ0v) is 6.14. The minimum atomic E-state index is -0.0182. The number of aliphatic hydroxyl groups is 1. The highest BCUT2D eigenvalue weighted by atomic mass is 16.3. The van der Waals surface area contributed by atoms with Gasteiger partial charge in [0.05, 0.1) is 6.10 Å². The monoisotopic (exact) mass is 128 g/mol. The third-order valence-corrected chi connectivity index (χ3v) is 2.30. The van der Waals surface area contributed by atoms with Crippen LogP contribution in [0.5, 0.6) is 0 Å². The Morgan fingerprint density at radius 2 is 2.22 bits per heavy atom. The van der Waals surface area contributed by atoms with Crippen LogP contribution in [0.4, 0.5) is 0 Å². The first kappa shape index (κ1) is 7.07. The summed E-state index contributed by atoms with van der Waals surface area (Å²) in [5.41, 5.74) is 0. The molecule has 1 fully saturated rings. The van der Waals surface area contributed by atoms with Gasteiger partial charge in [0.1, 0.15) is 0 Å². The lowest BCUT2D eigenvalue weighted by Crippen LogP contribution is -2.18. The Labute approximate surface area is 57.1 Å². The van der Waals surface area contributed by atoms with Crippen LogP contribution in [0.15, 0.2) is 0 Å². The SMILES string of the molecule is CC[C@@H](O)CC1CCC1. The summed E-state index contributed by atoms with van der Waals surface area (Å²) in [6.07, 6.45) is 6.07. The van der Waals surface area contributed by atoms with E-state index in [9.17, 15) is 5.11 Å². The van der Waals surface area contributed by atoms with Gasteiger partial charge in [-0.2, -0.15) is 0 Å². The second-order valence-corrected chi connectivity index (χ2v) is 3.09. The molecule has 1 saturated carbocycles. The van der Waals surface area contributed by atoms with Crippen LogP contribution in [0.3, 0.4) is 0 Å². The Morgan fingerprint density at radius 3 is 2.56 bits per heavy atom. The molecule has 0 radical (unpaired) electrons. The minimum absolute atomic E-state index is 0.0182. The molecular weight excluding hydrogens is 112 g/mol. The molecule has 54 valence electrons. The summed E-state index contributed by atoms with van der Waals surface area (Å²) in [6.45, 7) is 2.04. The van der Waals surface area contributed by atoms with E-state index < -0.39 is 0 Å². The second kappa shape index (κ2) is 3.21. The van der Waals surface area contributed by atoms with Gasteiger partial charge in [-0.25, -0.2) is 0 Å². The van der Waals surface area contributed by atoms with E-state index in [1.54, 1.807) is 0 Å². The van der Waals surface area contributed by atoms with Gasteiger partial charge in [0.25, 0.3) is 0 Å². The molecule has 1 nitrogen and oxygen atoms in total. The van der Waals surface area contributed by atoms with Crippen LogP contribution in [0.2, 0.25) is 0 Å². The van der Waals surface area contributed by atoms with Gasteiger partial charge in [-0.15, -0.1) is 0 Å². The van der Waals surface area contributed by atoms with Crippen molar-refractivity contribution < 1.29 is 5.11 Å². The Balaban J connectivity index is 2.01. The molecule has 1 heteroatoms. The second-order valence-electron chi connectivity index (χ2n) is 3.09. The van der Waals surface area contributed by atoms with Crippen LogP contribution in [0.25, 0.3) is 0 Å². The number of hydrogen-bond donors (Lipinski definition) is 1. The zero-order chi connectivity index (χ0) is 6.69. The van der Waals surface area contributed by atoms with Crippen molar-refractivity contribution in [1.82, 2.24) is 0 Å². The Kier molecular flexibility index (Phi) is 2.52. The average Bonchev–Trinajstić information content (AvgIpc) is 1.78. The maximum absolute atomic E-state index is 9.19. The van der Waals surface area contributed by atoms with Gasteiger partial charge in [0.2, 0.25) is 0 Å². The van der Waals surface area contributed by atoms with Crippen LogP contribution < -0.4 is 0 Å². The zero-order valence-electron chi connectivity index (χ0n) is 6.14. The Bertz CT molecular complexity index is 73.9. The highest BCUT2D eigenvalue weighted by molar-refractivity contribution is 4.72. The van der Waals surface area contributed by atoms with Crippen LogP contribution in [0, 0.1) is 5.92 Å². The summed E-state index contributed by atoms with van der Waals surface area (Å²) < 4.78 is 0. The van der Waals surface area contributed by atoms with Crippen molar-refractivity contribution >= 4 is 0 Å². The fraction of sp³-hybridized carbons (Fsp3) is 1.00. The van der Waals surface area contributed by atoms with E-state index in [2.05, 4.69) is 0 Å². The Morgan fingerprint density at radius 1 is 1.56 bits per heavy atom. The average molecular weight is 128 g/mol.